The lowest BCUT2D eigenvalue weighted by Crippen LogP contribution is -2.49. The van der Waals surface area contributed by atoms with Crippen molar-refractivity contribution in [3.63, 3.8) is 0 Å². The Morgan fingerprint density at radius 2 is 1.39 bits per heavy atom. The summed E-state index contributed by atoms with van der Waals surface area (Å²) in [5.74, 6) is -0.107. The van der Waals surface area contributed by atoms with Gasteiger partial charge in [0.2, 0.25) is 5.88 Å². The number of aromatic nitrogens is 2. The smallest absolute Gasteiger partial charge is 0.418 e. The Morgan fingerprint density at radius 1 is 0.805 bits per heavy atom. The molecular weight excluding hydrogens is 527 g/mol. The standard InChI is InChI=1S/C33H32F3N3O2/c34-33(35,36)28-21-30(38-37-22-28)40-23-29-17-19-31(18-10-20-39(29)31)24-41-32(25-11-4-1-5-12-25,26-13-6-2-7-14-26)27-15-8-3-9-16-27/h1-9,11-16,21-22,29H,10,17-20,23-24H2/t29-,31-/m0/s1. The number of fused-ring (bicyclic) bond motifs is 1. The number of ether oxygens (including phenoxy) is 2. The molecule has 1 aromatic heterocycles. The molecule has 0 aliphatic carbocycles. The number of halogens is 3. The molecule has 0 spiro atoms. The third-order valence-electron chi connectivity index (χ3n) is 8.52. The van der Waals surface area contributed by atoms with E-state index >= 15 is 0 Å². The van der Waals surface area contributed by atoms with Crippen LogP contribution in [-0.4, -0.2) is 46.4 Å². The number of alkyl halides is 3. The molecule has 5 nitrogen and oxygen atoms in total. The van der Waals surface area contributed by atoms with Crippen molar-refractivity contribution >= 4 is 0 Å². The van der Waals surface area contributed by atoms with Crippen LogP contribution in [0.4, 0.5) is 13.2 Å². The van der Waals surface area contributed by atoms with Crippen LogP contribution >= 0.6 is 0 Å². The highest BCUT2D eigenvalue weighted by Crippen LogP contribution is 2.47. The van der Waals surface area contributed by atoms with Crippen molar-refractivity contribution in [2.24, 2.45) is 0 Å². The van der Waals surface area contributed by atoms with E-state index in [9.17, 15) is 13.2 Å². The van der Waals surface area contributed by atoms with Gasteiger partial charge in [0.05, 0.1) is 18.4 Å². The number of rotatable bonds is 9. The van der Waals surface area contributed by atoms with Crippen molar-refractivity contribution in [3.05, 3.63) is 126 Å². The van der Waals surface area contributed by atoms with E-state index in [-0.39, 0.29) is 24.1 Å². The van der Waals surface area contributed by atoms with Gasteiger partial charge in [0, 0.05) is 17.6 Å². The lowest BCUT2D eigenvalue weighted by Gasteiger charge is -2.41. The first kappa shape index (κ1) is 27.4. The summed E-state index contributed by atoms with van der Waals surface area (Å²) in [5, 5.41) is 7.26. The highest BCUT2D eigenvalue weighted by Gasteiger charge is 2.51. The third kappa shape index (κ3) is 5.34. The Balaban J connectivity index is 1.27. The van der Waals surface area contributed by atoms with Crippen molar-refractivity contribution in [3.8, 4) is 5.88 Å². The normalized spacial score (nSPS) is 21.1. The largest absolute Gasteiger partial charge is 0.475 e. The van der Waals surface area contributed by atoms with Crippen LogP contribution in [0.5, 0.6) is 5.88 Å². The summed E-state index contributed by atoms with van der Waals surface area (Å²) < 4.78 is 52.4. The fourth-order valence-electron chi connectivity index (χ4n) is 6.55. The molecule has 3 heterocycles. The SMILES string of the molecule is FC(F)(F)c1cnnc(OC[C@@H]2CC[C@]3(COC(c4ccccc4)(c4ccccc4)c4ccccc4)CCCN23)c1. The minimum absolute atomic E-state index is 0.0528. The predicted octanol–water partition coefficient (Wildman–Crippen LogP) is 6.88. The molecule has 0 radical (unpaired) electrons. The predicted molar refractivity (Wildman–Crippen MR) is 149 cm³/mol. The highest BCUT2D eigenvalue weighted by atomic mass is 19.4. The fourth-order valence-corrected chi connectivity index (χ4v) is 6.55. The van der Waals surface area contributed by atoms with E-state index in [1.807, 2.05) is 54.6 Å². The maximum atomic E-state index is 13.1. The third-order valence-corrected chi connectivity index (χ3v) is 8.52. The van der Waals surface area contributed by atoms with Gasteiger partial charge in [0.25, 0.3) is 0 Å². The molecule has 2 fully saturated rings. The Bertz CT molecular complexity index is 1340. The van der Waals surface area contributed by atoms with Crippen LogP contribution in [0.15, 0.2) is 103 Å². The summed E-state index contributed by atoms with van der Waals surface area (Å²) in [6.07, 6.45) is 0.0173. The second-order valence-electron chi connectivity index (χ2n) is 10.9. The highest BCUT2D eigenvalue weighted by molar-refractivity contribution is 5.47. The summed E-state index contributed by atoms with van der Waals surface area (Å²) in [6, 6.07) is 31.9. The summed E-state index contributed by atoms with van der Waals surface area (Å²) >= 11 is 0. The number of nitrogens with zero attached hydrogens (tertiary/aromatic N) is 3. The molecule has 0 N–H and O–H groups in total. The molecule has 0 saturated carbocycles. The fraction of sp³-hybridized carbons (Fsp3) is 0.333. The maximum absolute atomic E-state index is 13.1. The van der Waals surface area contributed by atoms with Gasteiger partial charge in [-0.25, -0.2) is 0 Å². The summed E-state index contributed by atoms with van der Waals surface area (Å²) in [7, 11) is 0. The number of hydrogen-bond donors (Lipinski definition) is 0. The van der Waals surface area contributed by atoms with Crippen LogP contribution in [-0.2, 0) is 16.5 Å². The molecule has 0 amide bonds. The Labute approximate surface area is 237 Å². The first-order chi connectivity index (χ1) is 19.9. The van der Waals surface area contributed by atoms with Crippen molar-refractivity contribution in [2.45, 2.75) is 49.0 Å². The molecule has 41 heavy (non-hydrogen) atoms. The second-order valence-corrected chi connectivity index (χ2v) is 10.9. The molecular formula is C33H32F3N3O2. The first-order valence-electron chi connectivity index (χ1n) is 14.0. The van der Waals surface area contributed by atoms with Gasteiger partial charge in [-0.1, -0.05) is 91.0 Å². The van der Waals surface area contributed by atoms with E-state index < -0.39 is 17.3 Å². The lowest BCUT2D eigenvalue weighted by molar-refractivity contribution is -0.138. The van der Waals surface area contributed by atoms with Crippen LogP contribution in [0, 0.1) is 0 Å². The topological polar surface area (TPSA) is 47.5 Å². The molecule has 2 aliphatic heterocycles. The molecule has 212 valence electrons. The van der Waals surface area contributed by atoms with Crippen LogP contribution in [0.2, 0.25) is 0 Å². The molecule has 8 heteroatoms. The zero-order chi connectivity index (χ0) is 28.3. The second kappa shape index (κ2) is 11.3. The average Bonchev–Trinajstić information content (AvgIpc) is 3.57. The van der Waals surface area contributed by atoms with Gasteiger partial charge in [-0.2, -0.15) is 18.3 Å². The summed E-state index contributed by atoms with van der Waals surface area (Å²) in [5.41, 5.74) is 1.31. The van der Waals surface area contributed by atoms with Crippen molar-refractivity contribution in [1.82, 2.24) is 15.1 Å². The molecule has 0 unspecified atom stereocenters. The number of hydrogen-bond acceptors (Lipinski definition) is 5. The molecule has 0 bridgehead atoms. The Kier molecular flexibility index (Phi) is 7.53. The minimum atomic E-state index is -4.49. The summed E-state index contributed by atoms with van der Waals surface area (Å²) in [6.45, 7) is 1.64. The molecule has 2 aliphatic rings. The Hall–Kier alpha value is -3.75. The van der Waals surface area contributed by atoms with E-state index in [2.05, 4.69) is 51.5 Å². The van der Waals surface area contributed by atoms with E-state index in [0.29, 0.717) is 12.8 Å². The number of benzene rings is 3. The first-order valence-corrected chi connectivity index (χ1v) is 14.0. The van der Waals surface area contributed by atoms with Crippen molar-refractivity contribution < 1.29 is 22.6 Å². The van der Waals surface area contributed by atoms with Crippen molar-refractivity contribution in [1.29, 1.82) is 0 Å². The van der Waals surface area contributed by atoms with Gasteiger partial charge in [0.15, 0.2) is 0 Å². The average molecular weight is 560 g/mol. The molecule has 6 rings (SSSR count). The van der Waals surface area contributed by atoms with Gasteiger partial charge in [0.1, 0.15) is 12.2 Å². The lowest BCUT2D eigenvalue weighted by atomic mass is 9.79. The van der Waals surface area contributed by atoms with E-state index in [1.54, 1.807) is 0 Å². The van der Waals surface area contributed by atoms with Gasteiger partial charge >= 0.3 is 6.18 Å². The van der Waals surface area contributed by atoms with Gasteiger partial charge in [-0.05, 0) is 48.9 Å². The summed E-state index contributed by atoms with van der Waals surface area (Å²) in [4.78, 5) is 2.44. The minimum Gasteiger partial charge on any atom is -0.475 e. The van der Waals surface area contributed by atoms with Crippen LogP contribution < -0.4 is 4.74 Å². The quantitative estimate of drug-likeness (QED) is 0.209. The van der Waals surface area contributed by atoms with Crippen LogP contribution in [0.1, 0.15) is 47.9 Å². The van der Waals surface area contributed by atoms with Crippen LogP contribution in [0.25, 0.3) is 0 Å². The van der Waals surface area contributed by atoms with Gasteiger partial charge < -0.3 is 9.47 Å². The van der Waals surface area contributed by atoms with E-state index in [0.717, 1.165) is 55.0 Å². The zero-order valence-corrected chi connectivity index (χ0v) is 22.6. The monoisotopic (exact) mass is 559 g/mol. The molecule has 2 atom stereocenters. The zero-order valence-electron chi connectivity index (χ0n) is 22.6. The van der Waals surface area contributed by atoms with Crippen LogP contribution in [0.3, 0.4) is 0 Å². The van der Waals surface area contributed by atoms with Gasteiger partial charge in [-0.3, -0.25) is 4.90 Å². The molecule has 3 aromatic carbocycles. The van der Waals surface area contributed by atoms with Gasteiger partial charge in [-0.15, -0.1) is 5.10 Å². The van der Waals surface area contributed by atoms with E-state index in [1.165, 1.54) is 0 Å². The molecule has 4 aromatic rings. The van der Waals surface area contributed by atoms with E-state index in [4.69, 9.17) is 9.47 Å². The Morgan fingerprint density at radius 3 is 1.95 bits per heavy atom. The van der Waals surface area contributed by atoms with Crippen molar-refractivity contribution in [2.75, 3.05) is 19.8 Å². The maximum Gasteiger partial charge on any atom is 0.418 e. The molecule has 2 saturated heterocycles.